The van der Waals surface area contributed by atoms with Gasteiger partial charge in [-0.05, 0) is 48.9 Å². The van der Waals surface area contributed by atoms with Crippen molar-refractivity contribution in [3.63, 3.8) is 0 Å². The van der Waals surface area contributed by atoms with Crippen molar-refractivity contribution in [2.24, 2.45) is 0 Å². The summed E-state index contributed by atoms with van der Waals surface area (Å²) in [6.45, 7) is -0.997. The van der Waals surface area contributed by atoms with Gasteiger partial charge in [0, 0.05) is 0 Å². The maximum atomic E-state index is 13.2. The molecular formula is C25H25N3O5. The molecule has 1 saturated heterocycles. The Hall–Kier alpha value is -3.68. The Morgan fingerprint density at radius 1 is 0.909 bits per heavy atom. The molecule has 1 aliphatic carbocycles. The number of nitrogens with one attached hydrogen (secondary N) is 1. The van der Waals surface area contributed by atoms with Gasteiger partial charge in [-0.1, -0.05) is 49.2 Å². The van der Waals surface area contributed by atoms with Crippen LogP contribution in [0.1, 0.15) is 36.8 Å². The second-order valence-electron chi connectivity index (χ2n) is 8.76. The fourth-order valence-corrected chi connectivity index (χ4v) is 5.07. The van der Waals surface area contributed by atoms with E-state index in [1.54, 1.807) is 4.90 Å². The Labute approximate surface area is 191 Å². The number of aryl methyl sites for hydroxylation is 2. The maximum absolute atomic E-state index is 13.2. The van der Waals surface area contributed by atoms with Crippen molar-refractivity contribution in [1.82, 2.24) is 10.2 Å². The molecule has 170 valence electrons. The van der Waals surface area contributed by atoms with Gasteiger partial charge < -0.3 is 10.1 Å². The zero-order valence-corrected chi connectivity index (χ0v) is 18.2. The van der Waals surface area contributed by atoms with Crippen LogP contribution in [-0.4, -0.2) is 47.4 Å². The van der Waals surface area contributed by atoms with Gasteiger partial charge in [0.2, 0.25) is 0 Å². The number of amides is 4. The zero-order valence-electron chi connectivity index (χ0n) is 18.2. The highest BCUT2D eigenvalue weighted by Crippen LogP contribution is 2.36. The molecule has 2 aromatic rings. The van der Waals surface area contributed by atoms with Crippen LogP contribution in [0.5, 0.6) is 0 Å². The van der Waals surface area contributed by atoms with Gasteiger partial charge in [0.05, 0.1) is 11.4 Å². The van der Waals surface area contributed by atoms with Crippen molar-refractivity contribution < 1.29 is 23.9 Å². The van der Waals surface area contributed by atoms with E-state index in [0.29, 0.717) is 12.8 Å². The molecule has 2 fully saturated rings. The molecule has 0 radical (unpaired) electrons. The highest BCUT2D eigenvalue weighted by atomic mass is 16.5. The van der Waals surface area contributed by atoms with Crippen molar-refractivity contribution >= 4 is 35.2 Å². The number of carbonyl (C=O) groups excluding carboxylic acids is 4. The monoisotopic (exact) mass is 447 g/mol. The highest BCUT2D eigenvalue weighted by molar-refractivity contribution is 6.09. The van der Waals surface area contributed by atoms with E-state index in [0.717, 1.165) is 53.1 Å². The molecule has 0 aromatic heterocycles. The van der Waals surface area contributed by atoms with Crippen LogP contribution in [0.15, 0.2) is 48.5 Å². The molecule has 5 rings (SSSR count). The smallest absolute Gasteiger partial charge is 0.326 e. The van der Waals surface area contributed by atoms with Crippen molar-refractivity contribution in [1.29, 1.82) is 0 Å². The van der Waals surface area contributed by atoms with Gasteiger partial charge in [-0.2, -0.15) is 0 Å². The van der Waals surface area contributed by atoms with E-state index < -0.39 is 36.6 Å². The van der Waals surface area contributed by atoms with E-state index >= 15 is 0 Å². The minimum atomic E-state index is -0.882. The number of nitrogens with zero attached hydrogens (tertiary/aromatic N) is 2. The summed E-state index contributed by atoms with van der Waals surface area (Å²) in [5.41, 5.74) is 2.72. The molecule has 0 atom stereocenters. The summed E-state index contributed by atoms with van der Waals surface area (Å²) in [6, 6.07) is 14.8. The average Bonchev–Trinajstić information content (AvgIpc) is 3.32. The fourth-order valence-electron chi connectivity index (χ4n) is 5.07. The molecule has 1 saturated carbocycles. The van der Waals surface area contributed by atoms with Crippen LogP contribution < -0.4 is 10.2 Å². The molecule has 2 aliphatic heterocycles. The van der Waals surface area contributed by atoms with Crippen LogP contribution in [0, 0.1) is 0 Å². The SMILES string of the molecule is O=C(CN1C(=O)NC2(CCCC2)C1=O)OCC(=O)N1c2ccccc2CCc2ccccc21. The van der Waals surface area contributed by atoms with E-state index in [1.807, 2.05) is 48.5 Å². The molecular weight excluding hydrogens is 422 g/mol. The Morgan fingerprint density at radius 3 is 2.09 bits per heavy atom. The minimum absolute atomic E-state index is 0.386. The van der Waals surface area contributed by atoms with E-state index in [9.17, 15) is 19.2 Å². The molecule has 8 nitrogen and oxygen atoms in total. The van der Waals surface area contributed by atoms with E-state index in [1.165, 1.54) is 0 Å². The summed E-state index contributed by atoms with van der Waals surface area (Å²) in [4.78, 5) is 53.2. The number of hydrogen-bond acceptors (Lipinski definition) is 5. The highest BCUT2D eigenvalue weighted by Gasteiger charge is 2.52. The van der Waals surface area contributed by atoms with Gasteiger partial charge in [0.15, 0.2) is 6.61 Å². The van der Waals surface area contributed by atoms with E-state index in [2.05, 4.69) is 5.32 Å². The van der Waals surface area contributed by atoms with Crippen molar-refractivity contribution in [2.75, 3.05) is 18.1 Å². The van der Waals surface area contributed by atoms with Gasteiger partial charge >= 0.3 is 12.0 Å². The standard InChI is InChI=1S/C25H25N3O5/c29-21(16-33-22(30)15-27-23(31)25(26-24(27)32)13-5-6-14-25)28-19-9-3-1-7-17(19)11-12-18-8-2-4-10-20(18)28/h1-4,7-10H,5-6,11-16H2,(H,26,32). The van der Waals surface area contributed by atoms with Crippen LogP contribution in [0.3, 0.4) is 0 Å². The van der Waals surface area contributed by atoms with Crippen LogP contribution in [0.4, 0.5) is 16.2 Å². The summed E-state index contributed by atoms with van der Waals surface area (Å²) < 4.78 is 5.23. The Morgan fingerprint density at radius 2 is 1.48 bits per heavy atom. The number of carbonyl (C=O) groups is 4. The Balaban J connectivity index is 1.29. The van der Waals surface area contributed by atoms with Crippen LogP contribution >= 0.6 is 0 Å². The Bertz CT molecular complexity index is 1090. The van der Waals surface area contributed by atoms with E-state index in [-0.39, 0.29) is 5.91 Å². The molecule has 0 unspecified atom stereocenters. The number of rotatable bonds is 4. The maximum Gasteiger partial charge on any atom is 0.326 e. The fraction of sp³-hybridized carbons (Fsp3) is 0.360. The number of esters is 1. The van der Waals surface area contributed by atoms with Crippen molar-refractivity contribution in [2.45, 2.75) is 44.1 Å². The normalized spacial score (nSPS) is 18.5. The predicted molar refractivity (Wildman–Crippen MR) is 120 cm³/mol. The number of ether oxygens (including phenoxy) is 1. The predicted octanol–water partition coefficient (Wildman–Crippen LogP) is 2.86. The third-order valence-corrected chi connectivity index (χ3v) is 6.72. The number of hydrogen-bond donors (Lipinski definition) is 1. The molecule has 8 heteroatoms. The average molecular weight is 447 g/mol. The number of imide groups is 1. The Kier molecular flexibility index (Phi) is 5.36. The minimum Gasteiger partial charge on any atom is -0.454 e. The second-order valence-corrected chi connectivity index (χ2v) is 8.76. The van der Waals surface area contributed by atoms with Crippen LogP contribution in [-0.2, 0) is 32.0 Å². The largest absolute Gasteiger partial charge is 0.454 e. The zero-order chi connectivity index (χ0) is 23.0. The summed E-state index contributed by atoms with van der Waals surface area (Å²) in [7, 11) is 0. The van der Waals surface area contributed by atoms with Crippen molar-refractivity contribution in [3.8, 4) is 0 Å². The number of anilines is 2. The lowest BCUT2D eigenvalue weighted by Gasteiger charge is -2.25. The van der Waals surface area contributed by atoms with Crippen LogP contribution in [0.25, 0.3) is 0 Å². The van der Waals surface area contributed by atoms with Gasteiger partial charge in [-0.25, -0.2) is 4.79 Å². The lowest BCUT2D eigenvalue weighted by Crippen LogP contribution is -2.44. The van der Waals surface area contributed by atoms with Gasteiger partial charge in [0.25, 0.3) is 11.8 Å². The molecule has 3 aliphatic rings. The lowest BCUT2D eigenvalue weighted by atomic mass is 9.98. The first kappa shape index (κ1) is 21.2. The summed E-state index contributed by atoms with van der Waals surface area (Å²) in [6.07, 6.45) is 4.47. The molecule has 1 N–H and O–H groups in total. The third-order valence-electron chi connectivity index (χ3n) is 6.72. The summed E-state index contributed by atoms with van der Waals surface area (Å²) in [5, 5.41) is 2.73. The number of para-hydroxylation sites is 2. The number of benzene rings is 2. The van der Waals surface area contributed by atoms with Crippen molar-refractivity contribution in [3.05, 3.63) is 59.7 Å². The first-order chi connectivity index (χ1) is 16.0. The first-order valence-corrected chi connectivity index (χ1v) is 11.3. The summed E-state index contributed by atoms with van der Waals surface area (Å²) in [5.74, 6) is -1.57. The molecule has 0 bridgehead atoms. The van der Waals surface area contributed by atoms with Gasteiger partial charge in [0.1, 0.15) is 12.1 Å². The molecule has 1 spiro atoms. The number of fused-ring (bicyclic) bond motifs is 2. The van der Waals surface area contributed by atoms with Crippen LogP contribution in [0.2, 0.25) is 0 Å². The third kappa shape index (κ3) is 3.75. The van der Waals surface area contributed by atoms with Gasteiger partial charge in [-0.15, -0.1) is 0 Å². The first-order valence-electron chi connectivity index (χ1n) is 11.3. The van der Waals surface area contributed by atoms with E-state index in [4.69, 9.17) is 4.74 Å². The quantitative estimate of drug-likeness (QED) is 0.574. The van der Waals surface area contributed by atoms with Gasteiger partial charge in [-0.3, -0.25) is 24.2 Å². The molecule has 4 amide bonds. The molecule has 33 heavy (non-hydrogen) atoms. The molecule has 2 aromatic carbocycles. The summed E-state index contributed by atoms with van der Waals surface area (Å²) >= 11 is 0. The second kappa shape index (κ2) is 8.35. The number of urea groups is 1. The topological polar surface area (TPSA) is 96.0 Å². The molecule has 2 heterocycles. The lowest BCUT2D eigenvalue weighted by molar-refractivity contribution is -0.150.